The molecular formula is C11H10BrClN4. The zero-order chi connectivity index (χ0) is 12.3. The zero-order valence-corrected chi connectivity index (χ0v) is 11.5. The van der Waals surface area contributed by atoms with Crippen LogP contribution in [0, 0.1) is 0 Å². The van der Waals surface area contributed by atoms with Gasteiger partial charge in [-0.25, -0.2) is 0 Å². The molecule has 0 amide bonds. The summed E-state index contributed by atoms with van der Waals surface area (Å²) in [6, 6.07) is 7.66. The minimum atomic E-state index is 0.396. The molecule has 4 nitrogen and oxygen atoms in total. The molecule has 88 valence electrons. The number of nitrogens with one attached hydrogen (secondary N) is 1. The number of hydrogen-bond acceptors (Lipinski definition) is 4. The van der Waals surface area contributed by atoms with Gasteiger partial charge in [-0.2, -0.15) is 5.10 Å². The Morgan fingerprint density at radius 3 is 2.76 bits per heavy atom. The molecule has 1 aromatic carbocycles. The third-order valence-electron chi connectivity index (χ3n) is 2.19. The van der Waals surface area contributed by atoms with Crippen molar-refractivity contribution in [2.45, 2.75) is 6.92 Å². The van der Waals surface area contributed by atoms with Gasteiger partial charge in [0.25, 0.3) is 0 Å². The first kappa shape index (κ1) is 12.3. The molecule has 1 N–H and O–H groups in total. The Morgan fingerprint density at radius 1 is 1.35 bits per heavy atom. The maximum absolute atomic E-state index is 5.97. The molecule has 0 atom stereocenters. The Balaban J connectivity index is 2.45. The first-order valence-electron chi connectivity index (χ1n) is 4.98. The Morgan fingerprint density at radius 2 is 2.06 bits per heavy atom. The second-order valence-electron chi connectivity index (χ2n) is 3.48. The summed E-state index contributed by atoms with van der Waals surface area (Å²) < 4.78 is 0. The lowest BCUT2D eigenvalue weighted by molar-refractivity contribution is 1.04. The third kappa shape index (κ3) is 2.73. The third-order valence-corrected chi connectivity index (χ3v) is 3.28. The van der Waals surface area contributed by atoms with Gasteiger partial charge in [0.2, 0.25) is 0 Å². The van der Waals surface area contributed by atoms with Gasteiger partial charge >= 0.3 is 0 Å². The summed E-state index contributed by atoms with van der Waals surface area (Å²) in [5, 5.41) is 14.9. The van der Waals surface area contributed by atoms with Gasteiger partial charge in [0.05, 0.1) is 0 Å². The SMILES string of the molecule is CC(CBr)=NNc1nnc(Cl)c2ccccc12. The molecule has 0 unspecified atom stereocenters. The van der Waals surface area contributed by atoms with Crippen LogP contribution in [0.3, 0.4) is 0 Å². The Bertz CT molecular complexity index is 570. The van der Waals surface area contributed by atoms with Crippen molar-refractivity contribution >= 4 is 49.8 Å². The zero-order valence-electron chi connectivity index (χ0n) is 9.11. The van der Waals surface area contributed by atoms with Crippen LogP contribution < -0.4 is 5.43 Å². The summed E-state index contributed by atoms with van der Waals surface area (Å²) in [6.07, 6.45) is 0. The summed E-state index contributed by atoms with van der Waals surface area (Å²) in [6.45, 7) is 1.91. The molecule has 0 spiro atoms. The van der Waals surface area contributed by atoms with Crippen molar-refractivity contribution in [3.8, 4) is 0 Å². The van der Waals surface area contributed by atoms with Crippen LogP contribution in [0.2, 0.25) is 5.15 Å². The van der Waals surface area contributed by atoms with E-state index in [1.165, 1.54) is 0 Å². The number of fused-ring (bicyclic) bond motifs is 1. The van der Waals surface area contributed by atoms with Crippen LogP contribution in [-0.4, -0.2) is 21.2 Å². The minimum absolute atomic E-state index is 0.396. The second kappa shape index (κ2) is 5.42. The molecule has 0 radical (unpaired) electrons. The van der Waals surface area contributed by atoms with Gasteiger partial charge in [0, 0.05) is 21.8 Å². The summed E-state index contributed by atoms with van der Waals surface area (Å²) >= 11 is 9.30. The highest BCUT2D eigenvalue weighted by Crippen LogP contribution is 2.25. The quantitative estimate of drug-likeness (QED) is 0.536. The number of halogens is 2. The Hall–Kier alpha value is -1.20. The van der Waals surface area contributed by atoms with Crippen molar-refractivity contribution in [2.75, 3.05) is 10.8 Å². The van der Waals surface area contributed by atoms with Crippen LogP contribution >= 0.6 is 27.5 Å². The number of hydrazone groups is 1. The van der Waals surface area contributed by atoms with Gasteiger partial charge in [-0.3, -0.25) is 5.43 Å². The Labute approximate surface area is 112 Å². The highest BCUT2D eigenvalue weighted by atomic mass is 79.9. The van der Waals surface area contributed by atoms with Gasteiger partial charge in [-0.15, -0.1) is 10.2 Å². The fourth-order valence-electron chi connectivity index (χ4n) is 1.33. The second-order valence-corrected chi connectivity index (χ2v) is 4.40. The lowest BCUT2D eigenvalue weighted by Crippen LogP contribution is -2.01. The van der Waals surface area contributed by atoms with Gasteiger partial charge in [-0.1, -0.05) is 51.8 Å². The molecule has 1 aromatic heterocycles. The van der Waals surface area contributed by atoms with Crippen LogP contribution in [0.15, 0.2) is 29.4 Å². The van der Waals surface area contributed by atoms with Crippen molar-refractivity contribution in [3.05, 3.63) is 29.4 Å². The first-order valence-corrected chi connectivity index (χ1v) is 6.48. The van der Waals surface area contributed by atoms with E-state index in [2.05, 4.69) is 36.7 Å². The first-order chi connectivity index (χ1) is 8.22. The smallest absolute Gasteiger partial charge is 0.176 e. The molecule has 0 bridgehead atoms. The van der Waals surface area contributed by atoms with Crippen molar-refractivity contribution in [2.24, 2.45) is 5.10 Å². The lowest BCUT2D eigenvalue weighted by atomic mass is 10.2. The van der Waals surface area contributed by atoms with Crippen molar-refractivity contribution in [1.29, 1.82) is 0 Å². The molecule has 1 heterocycles. The summed E-state index contributed by atoms with van der Waals surface area (Å²) in [4.78, 5) is 0. The van der Waals surface area contributed by atoms with E-state index in [-0.39, 0.29) is 0 Å². The van der Waals surface area contributed by atoms with Crippen LogP contribution in [-0.2, 0) is 0 Å². The number of aromatic nitrogens is 2. The molecule has 0 fully saturated rings. The van der Waals surface area contributed by atoms with Crippen LogP contribution in [0.1, 0.15) is 6.92 Å². The number of anilines is 1. The van der Waals surface area contributed by atoms with E-state index in [0.717, 1.165) is 16.5 Å². The molecule has 17 heavy (non-hydrogen) atoms. The van der Waals surface area contributed by atoms with Crippen molar-refractivity contribution in [3.63, 3.8) is 0 Å². The van der Waals surface area contributed by atoms with Crippen molar-refractivity contribution < 1.29 is 0 Å². The Kier molecular flexibility index (Phi) is 3.91. The molecule has 0 aliphatic rings. The number of alkyl halides is 1. The molecular weight excluding hydrogens is 304 g/mol. The van der Waals surface area contributed by atoms with E-state index >= 15 is 0 Å². The standard InChI is InChI=1S/C11H10BrClN4/c1-7(6-12)14-16-11-9-5-3-2-4-8(9)10(13)15-17-11/h2-5H,6H2,1H3,(H,16,17). The molecule has 0 aliphatic carbocycles. The maximum atomic E-state index is 5.97. The summed E-state index contributed by atoms with van der Waals surface area (Å²) in [5.74, 6) is 0.602. The molecule has 2 aromatic rings. The molecule has 2 rings (SSSR count). The summed E-state index contributed by atoms with van der Waals surface area (Å²) in [7, 11) is 0. The van der Waals surface area contributed by atoms with Crippen LogP contribution in [0.4, 0.5) is 5.82 Å². The molecule has 0 aliphatic heterocycles. The van der Waals surface area contributed by atoms with Gasteiger partial charge in [0.1, 0.15) is 0 Å². The van der Waals surface area contributed by atoms with E-state index in [0.29, 0.717) is 16.3 Å². The van der Waals surface area contributed by atoms with Gasteiger partial charge in [-0.05, 0) is 6.92 Å². The van der Waals surface area contributed by atoms with E-state index in [1.54, 1.807) is 0 Å². The fourth-order valence-corrected chi connectivity index (χ4v) is 1.66. The maximum Gasteiger partial charge on any atom is 0.176 e. The molecule has 6 heteroatoms. The van der Waals surface area contributed by atoms with E-state index in [1.807, 2.05) is 31.2 Å². The normalized spacial score (nSPS) is 11.8. The van der Waals surface area contributed by atoms with Gasteiger partial charge < -0.3 is 0 Å². The number of rotatable bonds is 3. The predicted octanol–water partition coefficient (Wildman–Crippen LogP) is 3.47. The highest BCUT2D eigenvalue weighted by molar-refractivity contribution is 9.09. The van der Waals surface area contributed by atoms with Gasteiger partial charge in [0.15, 0.2) is 11.0 Å². The monoisotopic (exact) mass is 312 g/mol. The average Bonchev–Trinajstić information content (AvgIpc) is 2.38. The number of nitrogens with zero attached hydrogens (tertiary/aromatic N) is 3. The topological polar surface area (TPSA) is 50.2 Å². The fraction of sp³-hybridized carbons (Fsp3) is 0.182. The number of hydrogen-bond donors (Lipinski definition) is 1. The predicted molar refractivity (Wildman–Crippen MR) is 75.1 cm³/mol. The van der Waals surface area contributed by atoms with Crippen LogP contribution in [0.5, 0.6) is 0 Å². The van der Waals surface area contributed by atoms with E-state index < -0.39 is 0 Å². The summed E-state index contributed by atoms with van der Waals surface area (Å²) in [5.41, 5.74) is 3.81. The van der Waals surface area contributed by atoms with E-state index in [9.17, 15) is 0 Å². The lowest BCUT2D eigenvalue weighted by Gasteiger charge is -2.05. The van der Waals surface area contributed by atoms with Crippen molar-refractivity contribution in [1.82, 2.24) is 10.2 Å². The largest absolute Gasteiger partial charge is 0.259 e. The highest BCUT2D eigenvalue weighted by Gasteiger charge is 2.06. The van der Waals surface area contributed by atoms with E-state index in [4.69, 9.17) is 11.6 Å². The minimum Gasteiger partial charge on any atom is -0.259 e. The number of benzene rings is 1. The molecule has 0 saturated carbocycles. The van der Waals surface area contributed by atoms with Crippen LogP contribution in [0.25, 0.3) is 10.8 Å². The molecule has 0 saturated heterocycles. The average molecular weight is 314 g/mol.